The third kappa shape index (κ3) is 3.71. The van der Waals surface area contributed by atoms with Crippen molar-refractivity contribution in [1.29, 1.82) is 0 Å². The monoisotopic (exact) mass is 372 g/mol. The minimum atomic E-state index is -0.241. The molecular formula is C22H20N4O2. The minimum Gasteiger partial charge on any atom is -0.484 e. The van der Waals surface area contributed by atoms with Crippen LogP contribution in [0.3, 0.4) is 0 Å². The first kappa shape index (κ1) is 17.7. The summed E-state index contributed by atoms with van der Waals surface area (Å²) in [6, 6.07) is 19.3. The van der Waals surface area contributed by atoms with E-state index in [9.17, 15) is 4.79 Å². The first-order chi connectivity index (χ1) is 13.6. The van der Waals surface area contributed by atoms with Crippen LogP contribution in [0, 0.1) is 13.8 Å². The number of amides is 1. The lowest BCUT2D eigenvalue weighted by Gasteiger charge is -2.08. The molecule has 0 bridgehead atoms. The Labute approximate surface area is 162 Å². The number of carbonyl (C=O) groups is 1. The molecule has 4 rings (SSSR count). The summed E-state index contributed by atoms with van der Waals surface area (Å²) in [7, 11) is 0. The van der Waals surface area contributed by atoms with Crippen LogP contribution in [0.1, 0.15) is 11.3 Å². The van der Waals surface area contributed by atoms with Crippen LogP contribution in [0.25, 0.3) is 16.7 Å². The molecule has 2 aromatic heterocycles. The van der Waals surface area contributed by atoms with E-state index in [1.54, 1.807) is 10.9 Å². The Morgan fingerprint density at radius 2 is 1.82 bits per heavy atom. The van der Waals surface area contributed by atoms with Crippen LogP contribution in [0.2, 0.25) is 0 Å². The predicted octanol–water partition coefficient (Wildman–Crippen LogP) is 4.05. The van der Waals surface area contributed by atoms with Crippen molar-refractivity contribution in [3.8, 4) is 11.4 Å². The van der Waals surface area contributed by atoms with Gasteiger partial charge in [0.2, 0.25) is 0 Å². The van der Waals surface area contributed by atoms with E-state index in [1.165, 1.54) is 0 Å². The van der Waals surface area contributed by atoms with Crippen LogP contribution >= 0.6 is 0 Å². The SMILES string of the molecule is Cc1ccc(OCC(=O)Nc2cnc3c(c2)c(C)nn3-c2ccccc2)cc1. The fraction of sp³-hybridized carbons (Fsp3) is 0.136. The van der Waals surface area contributed by atoms with Crippen LogP contribution in [0.4, 0.5) is 5.69 Å². The molecule has 0 aliphatic heterocycles. The quantitative estimate of drug-likeness (QED) is 0.574. The fourth-order valence-corrected chi connectivity index (χ4v) is 2.94. The van der Waals surface area contributed by atoms with Gasteiger partial charge in [0.15, 0.2) is 12.3 Å². The van der Waals surface area contributed by atoms with Gasteiger partial charge in [-0.05, 0) is 44.2 Å². The van der Waals surface area contributed by atoms with Crippen molar-refractivity contribution in [2.24, 2.45) is 0 Å². The zero-order valence-electron chi connectivity index (χ0n) is 15.7. The zero-order chi connectivity index (χ0) is 19.5. The van der Waals surface area contributed by atoms with Crippen molar-refractivity contribution < 1.29 is 9.53 Å². The number of anilines is 1. The number of hydrogen-bond donors (Lipinski definition) is 1. The van der Waals surface area contributed by atoms with Crippen LogP contribution in [0.5, 0.6) is 5.75 Å². The highest BCUT2D eigenvalue weighted by molar-refractivity contribution is 5.94. The largest absolute Gasteiger partial charge is 0.484 e. The maximum Gasteiger partial charge on any atom is 0.262 e. The van der Waals surface area contributed by atoms with Gasteiger partial charge in [0.1, 0.15) is 5.75 Å². The number of fused-ring (bicyclic) bond motifs is 1. The Morgan fingerprint density at radius 3 is 2.57 bits per heavy atom. The Balaban J connectivity index is 1.49. The minimum absolute atomic E-state index is 0.0661. The van der Waals surface area contributed by atoms with Crippen LogP contribution < -0.4 is 10.1 Å². The Hall–Kier alpha value is -3.67. The van der Waals surface area contributed by atoms with E-state index in [1.807, 2.05) is 74.5 Å². The summed E-state index contributed by atoms with van der Waals surface area (Å²) in [5.74, 6) is 0.420. The Bertz CT molecular complexity index is 1120. The van der Waals surface area contributed by atoms with Gasteiger partial charge >= 0.3 is 0 Å². The van der Waals surface area contributed by atoms with Crippen molar-refractivity contribution in [2.45, 2.75) is 13.8 Å². The van der Waals surface area contributed by atoms with E-state index in [-0.39, 0.29) is 12.5 Å². The van der Waals surface area contributed by atoms with Crippen molar-refractivity contribution in [3.05, 3.63) is 78.1 Å². The fourth-order valence-electron chi connectivity index (χ4n) is 2.94. The van der Waals surface area contributed by atoms with Crippen molar-refractivity contribution in [3.63, 3.8) is 0 Å². The number of pyridine rings is 1. The number of ether oxygens (including phenoxy) is 1. The van der Waals surface area contributed by atoms with Crippen molar-refractivity contribution >= 4 is 22.6 Å². The topological polar surface area (TPSA) is 69.0 Å². The molecule has 0 unspecified atom stereocenters. The Kier molecular flexibility index (Phi) is 4.76. The maximum atomic E-state index is 12.2. The Morgan fingerprint density at radius 1 is 1.07 bits per heavy atom. The zero-order valence-corrected chi connectivity index (χ0v) is 15.7. The van der Waals surface area contributed by atoms with Crippen LogP contribution in [-0.4, -0.2) is 27.3 Å². The number of benzene rings is 2. The molecule has 0 aliphatic rings. The molecule has 2 heterocycles. The number of hydrogen-bond acceptors (Lipinski definition) is 4. The molecule has 0 spiro atoms. The highest BCUT2D eigenvalue weighted by Crippen LogP contribution is 2.23. The highest BCUT2D eigenvalue weighted by atomic mass is 16.5. The molecule has 2 aromatic carbocycles. The first-order valence-corrected chi connectivity index (χ1v) is 9.00. The molecule has 0 aliphatic carbocycles. The molecule has 0 fully saturated rings. The van der Waals surface area contributed by atoms with Crippen LogP contribution in [-0.2, 0) is 4.79 Å². The summed E-state index contributed by atoms with van der Waals surface area (Å²) in [6.45, 7) is 3.86. The summed E-state index contributed by atoms with van der Waals surface area (Å²) < 4.78 is 7.32. The molecular weight excluding hydrogens is 352 g/mol. The van der Waals surface area contributed by atoms with Crippen LogP contribution in [0.15, 0.2) is 66.9 Å². The van der Waals surface area contributed by atoms with Gasteiger partial charge in [-0.15, -0.1) is 0 Å². The highest BCUT2D eigenvalue weighted by Gasteiger charge is 2.12. The molecule has 4 aromatic rings. The smallest absolute Gasteiger partial charge is 0.262 e. The summed E-state index contributed by atoms with van der Waals surface area (Å²) in [5.41, 5.74) is 4.29. The molecule has 28 heavy (non-hydrogen) atoms. The number of rotatable bonds is 5. The van der Waals surface area contributed by atoms with Gasteiger partial charge in [0.05, 0.1) is 23.3 Å². The second-order valence-electron chi connectivity index (χ2n) is 6.58. The standard InChI is InChI=1S/C22H20N4O2/c1-15-8-10-19(11-9-15)28-14-21(27)24-17-12-20-16(2)25-26(22(20)23-13-17)18-6-4-3-5-7-18/h3-13H,14H2,1-2H3,(H,24,27). The lowest BCUT2D eigenvalue weighted by molar-refractivity contribution is -0.118. The summed E-state index contributed by atoms with van der Waals surface area (Å²) >= 11 is 0. The number of aromatic nitrogens is 3. The number of nitrogens with one attached hydrogen (secondary N) is 1. The normalized spacial score (nSPS) is 10.8. The van der Waals surface area contributed by atoms with E-state index in [0.29, 0.717) is 11.4 Å². The van der Waals surface area contributed by atoms with Gasteiger partial charge < -0.3 is 10.1 Å². The van der Waals surface area contributed by atoms with E-state index >= 15 is 0 Å². The second kappa shape index (κ2) is 7.52. The molecule has 0 atom stereocenters. The third-order valence-corrected chi connectivity index (χ3v) is 4.38. The first-order valence-electron chi connectivity index (χ1n) is 9.00. The molecule has 0 saturated carbocycles. The number of aryl methyl sites for hydroxylation is 2. The van der Waals surface area contributed by atoms with Crippen molar-refractivity contribution in [2.75, 3.05) is 11.9 Å². The molecule has 0 saturated heterocycles. The average molecular weight is 372 g/mol. The van der Waals surface area contributed by atoms with Crippen molar-refractivity contribution in [1.82, 2.24) is 14.8 Å². The van der Waals surface area contributed by atoms with E-state index < -0.39 is 0 Å². The van der Waals surface area contributed by atoms with Gasteiger partial charge in [-0.2, -0.15) is 5.10 Å². The molecule has 6 nitrogen and oxygen atoms in total. The van der Waals surface area contributed by atoms with Gasteiger partial charge in [-0.1, -0.05) is 35.9 Å². The maximum absolute atomic E-state index is 12.2. The summed E-state index contributed by atoms with van der Waals surface area (Å²) in [5, 5.41) is 8.30. The number of nitrogens with zero attached hydrogens (tertiary/aromatic N) is 3. The summed E-state index contributed by atoms with van der Waals surface area (Å²) in [6.07, 6.45) is 1.63. The lowest BCUT2D eigenvalue weighted by atomic mass is 10.2. The average Bonchev–Trinajstić information content (AvgIpc) is 3.04. The molecule has 0 radical (unpaired) electrons. The van der Waals surface area contributed by atoms with Gasteiger partial charge in [0, 0.05) is 5.39 Å². The van der Waals surface area contributed by atoms with E-state index in [4.69, 9.17) is 4.74 Å². The van der Waals surface area contributed by atoms with E-state index in [0.717, 1.165) is 28.0 Å². The lowest BCUT2D eigenvalue weighted by Crippen LogP contribution is -2.20. The molecule has 1 amide bonds. The molecule has 140 valence electrons. The molecule has 1 N–H and O–H groups in total. The number of para-hydroxylation sites is 1. The summed E-state index contributed by atoms with van der Waals surface area (Å²) in [4.78, 5) is 16.7. The van der Waals surface area contributed by atoms with E-state index in [2.05, 4.69) is 15.4 Å². The van der Waals surface area contributed by atoms with Gasteiger partial charge in [0.25, 0.3) is 5.91 Å². The predicted molar refractivity (Wildman–Crippen MR) is 109 cm³/mol. The number of carbonyl (C=O) groups excluding carboxylic acids is 1. The van der Waals surface area contributed by atoms with Gasteiger partial charge in [-0.25, -0.2) is 9.67 Å². The molecule has 6 heteroatoms. The van der Waals surface area contributed by atoms with Gasteiger partial charge in [-0.3, -0.25) is 4.79 Å². The third-order valence-electron chi connectivity index (χ3n) is 4.38. The second-order valence-corrected chi connectivity index (χ2v) is 6.58.